The zero-order valence-corrected chi connectivity index (χ0v) is 8.38. The molecule has 6 heteroatoms. The van der Waals surface area contributed by atoms with Crippen LogP contribution >= 0.6 is 0 Å². The smallest absolute Gasteiger partial charge is 0.290 e. The van der Waals surface area contributed by atoms with Crippen LogP contribution in [0.4, 0.5) is 5.69 Å². The molecule has 0 amide bonds. The van der Waals surface area contributed by atoms with Crippen LogP contribution in [0.25, 0.3) is 0 Å². The zero-order valence-electron chi connectivity index (χ0n) is 7.57. The molecule has 0 spiro atoms. The maximum atomic E-state index is 11.2. The van der Waals surface area contributed by atoms with Gasteiger partial charge >= 0.3 is 5.69 Å². The van der Waals surface area contributed by atoms with Crippen molar-refractivity contribution in [3.8, 4) is 0 Å². The first-order chi connectivity index (χ1) is 6.57. The van der Waals surface area contributed by atoms with Crippen LogP contribution in [0.2, 0.25) is 0 Å². The molecule has 5 nitrogen and oxygen atoms in total. The first kappa shape index (κ1) is 10.6. The summed E-state index contributed by atoms with van der Waals surface area (Å²) < 4.78 is 15.8. The van der Waals surface area contributed by atoms with E-state index in [1.165, 1.54) is 20.1 Å². The quantitative estimate of drug-likeness (QED) is 0.558. The Hall–Kier alpha value is -1.45. The van der Waals surface area contributed by atoms with Crippen LogP contribution in [0.3, 0.4) is 0 Å². The molecule has 0 aliphatic carbocycles. The molecule has 1 atom stereocenters. The molecule has 1 unspecified atom stereocenters. The molecule has 0 saturated carbocycles. The molecule has 0 N–H and O–H groups in total. The summed E-state index contributed by atoms with van der Waals surface area (Å²) in [5.74, 6) is 0. The maximum Gasteiger partial charge on any atom is 0.324 e. The molecule has 0 aliphatic heterocycles. The largest absolute Gasteiger partial charge is 0.324 e. The summed E-state index contributed by atoms with van der Waals surface area (Å²) in [6.07, 6.45) is 0. The van der Waals surface area contributed by atoms with E-state index in [-0.39, 0.29) is 16.1 Å². The number of hydrogen-bond donors (Lipinski definition) is 0. The van der Waals surface area contributed by atoms with Gasteiger partial charge in [-0.15, -0.1) is 0 Å². The van der Waals surface area contributed by atoms with Gasteiger partial charge in [-0.3, -0.25) is 14.3 Å². The number of nitrogens with zero attached hydrogens (tertiary/aromatic N) is 1. The van der Waals surface area contributed by atoms with Crippen molar-refractivity contribution in [2.45, 2.75) is 11.8 Å². The van der Waals surface area contributed by atoms with Crippen LogP contribution in [0.1, 0.15) is 5.56 Å². The minimum absolute atomic E-state index is 0.229. The van der Waals surface area contributed by atoms with Crippen LogP contribution in [-0.2, 0) is 15.3 Å². The lowest BCUT2D eigenvalue weighted by Crippen LogP contribution is -1.99. The monoisotopic (exact) mass is 213 g/mol. The summed E-state index contributed by atoms with van der Waals surface area (Å²) in [5, 5.41) is 10.5. The fraction of sp³-hybridized carbons (Fsp3) is 0.250. The van der Waals surface area contributed by atoms with E-state index in [1.54, 1.807) is 0 Å². The first-order valence-electron chi connectivity index (χ1n) is 3.61. The van der Waals surface area contributed by atoms with E-state index < -0.39 is 16.0 Å². The Labute approximate surface area is 83.5 Å². The Morgan fingerprint density at radius 1 is 1.64 bits per heavy atom. The van der Waals surface area contributed by atoms with E-state index >= 15 is 0 Å². The Kier molecular flexibility index (Phi) is 3.17. The van der Waals surface area contributed by atoms with Gasteiger partial charge in [-0.25, -0.2) is 4.21 Å². The summed E-state index contributed by atoms with van der Waals surface area (Å²) in [4.78, 5) is 10.2. The Bertz CT molecular complexity index is 391. The van der Waals surface area contributed by atoms with Crippen molar-refractivity contribution in [2.24, 2.45) is 0 Å². The van der Waals surface area contributed by atoms with Crippen LogP contribution in [0, 0.1) is 29.2 Å². The van der Waals surface area contributed by atoms with E-state index in [0.29, 0.717) is 0 Å². The van der Waals surface area contributed by atoms with Crippen molar-refractivity contribution in [1.82, 2.24) is 0 Å². The van der Waals surface area contributed by atoms with Gasteiger partial charge < -0.3 is 0 Å². The average molecular weight is 213 g/mol. The second kappa shape index (κ2) is 4.17. The Morgan fingerprint density at radius 3 is 2.79 bits per heavy atom. The normalized spacial score (nSPS) is 11.9. The van der Waals surface area contributed by atoms with E-state index in [1.807, 2.05) is 0 Å². The van der Waals surface area contributed by atoms with Crippen LogP contribution in [0.15, 0.2) is 11.0 Å². The van der Waals surface area contributed by atoms with Gasteiger partial charge in [0.05, 0.1) is 22.5 Å². The summed E-state index contributed by atoms with van der Waals surface area (Å²) in [7, 11) is 1.26. The molecule has 0 radical (unpaired) electrons. The molecule has 0 saturated heterocycles. The zero-order chi connectivity index (χ0) is 10.7. The molecule has 14 heavy (non-hydrogen) atoms. The van der Waals surface area contributed by atoms with Crippen molar-refractivity contribution in [1.29, 1.82) is 0 Å². The van der Waals surface area contributed by atoms with Gasteiger partial charge in [0.2, 0.25) is 0 Å². The molecule has 0 bridgehead atoms. The van der Waals surface area contributed by atoms with Crippen LogP contribution < -0.4 is 0 Å². The fourth-order valence-electron chi connectivity index (χ4n) is 0.934. The molecule has 1 aromatic rings. The molecule has 0 heterocycles. The molecule has 0 aromatic heterocycles. The molecule has 74 valence electrons. The van der Waals surface area contributed by atoms with Crippen molar-refractivity contribution in [3.63, 3.8) is 0 Å². The SMILES string of the molecule is COS(=O)c1cc#cc([N+](=O)[O-])c1C. The topological polar surface area (TPSA) is 69.4 Å². The first-order valence-corrected chi connectivity index (χ1v) is 4.69. The number of nitro groups is 1. The third-order valence-corrected chi connectivity index (χ3v) is 2.72. The van der Waals surface area contributed by atoms with Crippen molar-refractivity contribution < 1.29 is 13.3 Å². The van der Waals surface area contributed by atoms with Crippen molar-refractivity contribution in [3.05, 3.63) is 33.9 Å². The maximum absolute atomic E-state index is 11.2. The van der Waals surface area contributed by atoms with Gasteiger partial charge in [0.25, 0.3) is 0 Å². The lowest BCUT2D eigenvalue weighted by Gasteiger charge is -2.00. The van der Waals surface area contributed by atoms with Gasteiger partial charge in [0, 0.05) is 12.1 Å². The fourth-order valence-corrected chi connectivity index (χ4v) is 1.62. The minimum Gasteiger partial charge on any atom is -0.290 e. The summed E-state index contributed by atoms with van der Waals surface area (Å²) in [6, 6.07) is 6.13. The van der Waals surface area contributed by atoms with Crippen molar-refractivity contribution in [2.75, 3.05) is 7.11 Å². The highest BCUT2D eigenvalue weighted by atomic mass is 32.2. The highest BCUT2D eigenvalue weighted by Crippen LogP contribution is 2.20. The van der Waals surface area contributed by atoms with Gasteiger partial charge in [0.1, 0.15) is 0 Å². The highest BCUT2D eigenvalue weighted by Gasteiger charge is 2.16. The Balaban J connectivity index is 3.27. The van der Waals surface area contributed by atoms with E-state index in [2.05, 4.69) is 16.3 Å². The minimum atomic E-state index is -1.68. The molecule has 1 rings (SSSR count). The van der Waals surface area contributed by atoms with Gasteiger partial charge in [-0.2, -0.15) is 0 Å². The lowest BCUT2D eigenvalue weighted by molar-refractivity contribution is -0.385. The van der Waals surface area contributed by atoms with Gasteiger partial charge in [-0.1, -0.05) is 6.07 Å². The summed E-state index contributed by atoms with van der Waals surface area (Å²) in [6.45, 7) is 1.49. The van der Waals surface area contributed by atoms with Gasteiger partial charge in [0.15, 0.2) is 11.1 Å². The average Bonchev–Trinajstić information content (AvgIpc) is 2.16. The second-order valence-electron chi connectivity index (χ2n) is 2.41. The second-order valence-corrected chi connectivity index (χ2v) is 3.65. The predicted octanol–water partition coefficient (Wildman–Crippen LogP) is 1.17. The molecule has 0 aliphatic rings. The predicted molar refractivity (Wildman–Crippen MR) is 48.9 cm³/mol. The van der Waals surface area contributed by atoms with E-state index in [4.69, 9.17) is 0 Å². The van der Waals surface area contributed by atoms with E-state index in [9.17, 15) is 14.3 Å². The van der Waals surface area contributed by atoms with Gasteiger partial charge in [-0.05, 0) is 6.92 Å². The Morgan fingerprint density at radius 2 is 2.29 bits per heavy atom. The molecular formula is C8H7NO4S. The standard InChI is InChI=1S/C8H7NO4S/c1-6-7(9(10)11)4-3-5-8(6)14(12)13-2/h5H,1-2H3. The number of rotatable bonds is 3. The summed E-state index contributed by atoms with van der Waals surface area (Å²) >= 11 is -1.68. The van der Waals surface area contributed by atoms with Crippen LogP contribution in [0.5, 0.6) is 0 Å². The third-order valence-electron chi connectivity index (χ3n) is 1.63. The highest BCUT2D eigenvalue weighted by molar-refractivity contribution is 7.80. The van der Waals surface area contributed by atoms with Crippen molar-refractivity contribution >= 4 is 16.8 Å². The lowest BCUT2D eigenvalue weighted by atomic mass is 10.2. The molecular weight excluding hydrogens is 206 g/mol. The molecule has 0 fully saturated rings. The molecule has 1 aromatic carbocycles. The van der Waals surface area contributed by atoms with E-state index in [0.717, 1.165) is 0 Å². The summed E-state index contributed by atoms with van der Waals surface area (Å²) in [5.41, 5.74) is 0.0573. The number of hydrogen-bond acceptors (Lipinski definition) is 4. The third kappa shape index (κ3) is 1.89. The van der Waals surface area contributed by atoms with Crippen LogP contribution in [-0.4, -0.2) is 16.2 Å².